The quantitative estimate of drug-likeness (QED) is 0.785. The van der Waals surface area contributed by atoms with Crippen LogP contribution in [0.25, 0.3) is 0 Å². The van der Waals surface area contributed by atoms with E-state index in [9.17, 15) is 5.11 Å². The van der Waals surface area contributed by atoms with Gasteiger partial charge in [-0.05, 0) is 38.0 Å². The first-order valence-electron chi connectivity index (χ1n) is 7.17. The van der Waals surface area contributed by atoms with Gasteiger partial charge in [0, 0.05) is 31.4 Å². The van der Waals surface area contributed by atoms with Gasteiger partial charge in [0.15, 0.2) is 0 Å². The molecule has 0 spiro atoms. The van der Waals surface area contributed by atoms with Gasteiger partial charge in [0.05, 0.1) is 11.7 Å². The van der Waals surface area contributed by atoms with Gasteiger partial charge in [-0.1, -0.05) is 6.42 Å². The van der Waals surface area contributed by atoms with Crippen molar-refractivity contribution in [2.24, 2.45) is 23.0 Å². The van der Waals surface area contributed by atoms with Gasteiger partial charge in [-0.3, -0.25) is 0 Å². The molecule has 17 heavy (non-hydrogen) atoms. The molecule has 0 aromatic carbocycles. The largest absolute Gasteiger partial charge is 0.389 e. The lowest BCUT2D eigenvalue weighted by Gasteiger charge is -2.57. The summed E-state index contributed by atoms with van der Waals surface area (Å²) in [5.41, 5.74) is 5.56. The molecule has 3 nitrogen and oxygen atoms in total. The van der Waals surface area contributed by atoms with E-state index < -0.39 is 5.60 Å². The first-order valence-corrected chi connectivity index (χ1v) is 7.17. The van der Waals surface area contributed by atoms with Crippen LogP contribution in [0.1, 0.15) is 45.4 Å². The summed E-state index contributed by atoms with van der Waals surface area (Å²) < 4.78 is 5.60. The molecule has 0 heterocycles. The minimum Gasteiger partial charge on any atom is -0.389 e. The summed E-state index contributed by atoms with van der Waals surface area (Å²) in [5.74, 6) is 1.50. The fourth-order valence-electron chi connectivity index (χ4n) is 4.91. The van der Waals surface area contributed by atoms with E-state index in [1.807, 2.05) is 6.92 Å². The smallest absolute Gasteiger partial charge is 0.0767 e. The zero-order valence-electron chi connectivity index (χ0n) is 10.8. The molecule has 0 radical (unpaired) electrons. The Morgan fingerprint density at radius 2 is 2.06 bits per heavy atom. The third kappa shape index (κ3) is 1.52. The van der Waals surface area contributed by atoms with E-state index in [2.05, 4.69) is 0 Å². The monoisotopic (exact) mass is 239 g/mol. The van der Waals surface area contributed by atoms with Gasteiger partial charge in [0.2, 0.25) is 0 Å². The Labute approximate surface area is 104 Å². The van der Waals surface area contributed by atoms with Crippen LogP contribution >= 0.6 is 0 Å². The van der Waals surface area contributed by atoms with Crippen LogP contribution in [0.3, 0.4) is 0 Å². The molecule has 3 heteroatoms. The summed E-state index contributed by atoms with van der Waals surface area (Å²) >= 11 is 0. The first kappa shape index (κ1) is 11.9. The molecule has 3 aliphatic carbocycles. The van der Waals surface area contributed by atoms with Crippen LogP contribution < -0.4 is 5.73 Å². The van der Waals surface area contributed by atoms with Crippen LogP contribution in [0.15, 0.2) is 0 Å². The van der Waals surface area contributed by atoms with Crippen LogP contribution in [0.4, 0.5) is 0 Å². The zero-order valence-corrected chi connectivity index (χ0v) is 10.8. The van der Waals surface area contributed by atoms with Crippen LogP contribution in [-0.4, -0.2) is 30.0 Å². The number of hydrogen-bond acceptors (Lipinski definition) is 3. The van der Waals surface area contributed by atoms with Crippen molar-refractivity contribution in [1.82, 2.24) is 0 Å². The Morgan fingerprint density at radius 1 is 1.29 bits per heavy atom. The van der Waals surface area contributed by atoms with E-state index in [1.54, 1.807) is 0 Å². The summed E-state index contributed by atoms with van der Waals surface area (Å²) in [7, 11) is 0. The molecule has 0 aromatic rings. The van der Waals surface area contributed by atoms with Crippen molar-refractivity contribution in [1.29, 1.82) is 0 Å². The molecule has 0 amide bonds. The third-order valence-corrected chi connectivity index (χ3v) is 5.80. The van der Waals surface area contributed by atoms with Crippen LogP contribution in [0, 0.1) is 17.3 Å². The number of aliphatic hydroxyl groups is 1. The standard InChI is InChI=1S/C14H25NO2/c1-2-17-12-7-14(16,8-12)13(9-15)6-10-3-4-11(13)5-10/h10-12,16H,2-9,15H2,1H3. The molecule has 0 saturated heterocycles. The predicted octanol–water partition coefficient (Wildman–Crippen LogP) is 1.68. The van der Waals surface area contributed by atoms with Crippen molar-refractivity contribution in [2.45, 2.75) is 57.2 Å². The molecule has 3 saturated carbocycles. The van der Waals surface area contributed by atoms with E-state index in [1.165, 1.54) is 19.3 Å². The van der Waals surface area contributed by atoms with Gasteiger partial charge >= 0.3 is 0 Å². The predicted molar refractivity (Wildman–Crippen MR) is 66.5 cm³/mol. The highest BCUT2D eigenvalue weighted by Crippen LogP contribution is 2.64. The minimum atomic E-state index is -0.526. The number of fused-ring (bicyclic) bond motifs is 2. The summed E-state index contributed by atoms with van der Waals surface area (Å²) in [4.78, 5) is 0. The summed E-state index contributed by atoms with van der Waals surface area (Å²) in [5, 5.41) is 10.9. The molecule has 0 aromatic heterocycles. The Hall–Kier alpha value is -0.120. The average molecular weight is 239 g/mol. The van der Waals surface area contributed by atoms with Crippen molar-refractivity contribution >= 4 is 0 Å². The second kappa shape index (κ2) is 3.94. The Kier molecular flexibility index (Phi) is 2.77. The van der Waals surface area contributed by atoms with Crippen molar-refractivity contribution < 1.29 is 9.84 Å². The molecule has 3 N–H and O–H groups in total. The van der Waals surface area contributed by atoms with Gasteiger partial charge in [0.25, 0.3) is 0 Å². The number of nitrogens with two attached hydrogens (primary N) is 1. The molecule has 98 valence electrons. The lowest BCUT2D eigenvalue weighted by atomic mass is 9.54. The second-order valence-electron chi connectivity index (χ2n) is 6.46. The maximum atomic E-state index is 10.9. The highest BCUT2D eigenvalue weighted by atomic mass is 16.5. The van der Waals surface area contributed by atoms with E-state index in [4.69, 9.17) is 10.5 Å². The fourth-order valence-corrected chi connectivity index (χ4v) is 4.91. The molecule has 3 rings (SSSR count). The SMILES string of the molecule is CCOC1CC(O)(C2(CN)CC3CCC2C3)C1. The summed E-state index contributed by atoms with van der Waals surface area (Å²) in [6, 6.07) is 0. The van der Waals surface area contributed by atoms with Crippen molar-refractivity contribution in [2.75, 3.05) is 13.2 Å². The molecular weight excluding hydrogens is 214 g/mol. The lowest BCUT2D eigenvalue weighted by molar-refractivity contribution is -0.214. The normalized spacial score (nSPS) is 52.8. The van der Waals surface area contributed by atoms with Crippen LogP contribution in [0.2, 0.25) is 0 Å². The molecule has 2 bridgehead atoms. The molecular formula is C14H25NO2. The van der Waals surface area contributed by atoms with Gasteiger partial charge < -0.3 is 15.6 Å². The Morgan fingerprint density at radius 3 is 2.53 bits per heavy atom. The highest BCUT2D eigenvalue weighted by molar-refractivity contribution is 5.15. The Bertz CT molecular complexity index is 301. The van der Waals surface area contributed by atoms with E-state index in [0.717, 1.165) is 31.8 Å². The fraction of sp³-hybridized carbons (Fsp3) is 1.00. The van der Waals surface area contributed by atoms with Gasteiger partial charge in [-0.25, -0.2) is 0 Å². The maximum absolute atomic E-state index is 10.9. The topological polar surface area (TPSA) is 55.5 Å². The van der Waals surface area contributed by atoms with Crippen LogP contribution in [-0.2, 0) is 4.74 Å². The van der Waals surface area contributed by atoms with E-state index >= 15 is 0 Å². The van der Waals surface area contributed by atoms with Gasteiger partial charge in [-0.15, -0.1) is 0 Å². The number of ether oxygens (including phenoxy) is 1. The number of rotatable bonds is 4. The van der Waals surface area contributed by atoms with Crippen molar-refractivity contribution in [3.63, 3.8) is 0 Å². The molecule has 3 aliphatic rings. The minimum absolute atomic E-state index is 0.0174. The zero-order chi connectivity index (χ0) is 12.1. The maximum Gasteiger partial charge on any atom is 0.0767 e. The molecule has 0 aliphatic heterocycles. The van der Waals surface area contributed by atoms with Crippen LogP contribution in [0.5, 0.6) is 0 Å². The third-order valence-electron chi connectivity index (χ3n) is 5.80. The highest BCUT2D eigenvalue weighted by Gasteiger charge is 2.64. The Balaban J connectivity index is 1.74. The summed E-state index contributed by atoms with van der Waals surface area (Å²) in [6.45, 7) is 3.43. The van der Waals surface area contributed by atoms with Gasteiger partial charge in [0.1, 0.15) is 0 Å². The number of hydrogen-bond donors (Lipinski definition) is 2. The second-order valence-corrected chi connectivity index (χ2v) is 6.46. The molecule has 3 unspecified atom stereocenters. The van der Waals surface area contributed by atoms with E-state index in [-0.39, 0.29) is 11.5 Å². The lowest BCUT2D eigenvalue weighted by Crippen LogP contribution is -2.64. The van der Waals surface area contributed by atoms with E-state index in [0.29, 0.717) is 12.5 Å². The van der Waals surface area contributed by atoms with Crippen molar-refractivity contribution in [3.8, 4) is 0 Å². The van der Waals surface area contributed by atoms with Gasteiger partial charge in [-0.2, -0.15) is 0 Å². The summed E-state index contributed by atoms with van der Waals surface area (Å²) in [6.07, 6.45) is 6.98. The molecule has 3 atom stereocenters. The van der Waals surface area contributed by atoms with Crippen molar-refractivity contribution in [3.05, 3.63) is 0 Å². The average Bonchev–Trinajstić information content (AvgIpc) is 2.87. The molecule has 3 fully saturated rings. The first-order chi connectivity index (χ1) is 8.13.